The Hall–Kier alpha value is -1.27. The topological polar surface area (TPSA) is 66.5 Å². The Kier molecular flexibility index (Phi) is 4.43. The molecule has 0 saturated heterocycles. The van der Waals surface area contributed by atoms with Crippen molar-refractivity contribution in [1.82, 2.24) is 25.5 Å². The van der Waals surface area contributed by atoms with Crippen molar-refractivity contribution in [1.29, 1.82) is 0 Å². The third kappa shape index (κ3) is 3.36. The number of hydrogen-bond donors (Lipinski definition) is 2. The minimum absolute atomic E-state index is 0.367. The molecule has 5 nitrogen and oxygen atoms in total. The summed E-state index contributed by atoms with van der Waals surface area (Å²) in [5, 5.41) is 11.4. The van der Waals surface area contributed by atoms with Gasteiger partial charge in [0.1, 0.15) is 12.2 Å². The van der Waals surface area contributed by atoms with Crippen LogP contribution in [0.15, 0.2) is 6.33 Å². The first kappa shape index (κ1) is 13.2. The van der Waals surface area contributed by atoms with E-state index in [-0.39, 0.29) is 0 Å². The molecule has 6 heteroatoms. The Morgan fingerprint density at radius 2 is 2.28 bits per heavy atom. The zero-order valence-corrected chi connectivity index (χ0v) is 11.8. The summed E-state index contributed by atoms with van der Waals surface area (Å²) in [6.07, 6.45) is 3.53. The fourth-order valence-electron chi connectivity index (χ4n) is 1.97. The highest BCUT2D eigenvalue weighted by Gasteiger charge is 2.11. The maximum atomic E-state index is 4.46. The first-order chi connectivity index (χ1) is 8.66. The average Bonchev–Trinajstić information content (AvgIpc) is 2.94. The highest BCUT2D eigenvalue weighted by atomic mass is 32.1. The molecule has 0 aliphatic rings. The summed E-state index contributed by atoms with van der Waals surface area (Å²) >= 11 is 1.78. The van der Waals surface area contributed by atoms with Crippen LogP contribution in [0.1, 0.15) is 40.8 Å². The lowest BCUT2D eigenvalue weighted by Crippen LogP contribution is -2.20. The van der Waals surface area contributed by atoms with Gasteiger partial charge in [0, 0.05) is 17.3 Å². The second-order valence-corrected chi connectivity index (χ2v) is 5.63. The summed E-state index contributed by atoms with van der Waals surface area (Å²) in [4.78, 5) is 9.90. The molecule has 0 aromatic carbocycles. The van der Waals surface area contributed by atoms with Gasteiger partial charge in [-0.1, -0.05) is 0 Å². The molecule has 2 aromatic heterocycles. The van der Waals surface area contributed by atoms with Crippen LogP contribution in [-0.4, -0.2) is 26.7 Å². The largest absolute Gasteiger partial charge is 0.309 e. The van der Waals surface area contributed by atoms with Gasteiger partial charge in [-0.2, -0.15) is 5.10 Å². The Morgan fingerprint density at radius 1 is 1.44 bits per heavy atom. The van der Waals surface area contributed by atoms with Crippen molar-refractivity contribution in [3.8, 4) is 0 Å². The third-order valence-corrected chi connectivity index (χ3v) is 4.09. The molecule has 0 aliphatic carbocycles. The summed E-state index contributed by atoms with van der Waals surface area (Å²) < 4.78 is 0. The molecule has 2 heterocycles. The fourth-order valence-corrected chi connectivity index (χ4v) is 2.92. The molecule has 0 radical (unpaired) electrons. The van der Waals surface area contributed by atoms with Gasteiger partial charge < -0.3 is 5.32 Å². The van der Waals surface area contributed by atoms with Gasteiger partial charge in [-0.25, -0.2) is 9.97 Å². The van der Waals surface area contributed by atoms with Gasteiger partial charge in [0.15, 0.2) is 0 Å². The first-order valence-corrected chi connectivity index (χ1v) is 7.00. The molecule has 2 N–H and O–H groups in total. The second kappa shape index (κ2) is 6.06. The molecule has 98 valence electrons. The summed E-state index contributed by atoms with van der Waals surface area (Å²) in [6.45, 7) is 7.29. The van der Waals surface area contributed by atoms with E-state index in [1.54, 1.807) is 17.7 Å². The van der Waals surface area contributed by atoms with Gasteiger partial charge in [-0.3, -0.25) is 5.10 Å². The SMILES string of the molecule is Cc1nc(C)c(C(C)NCCCc2ncn[nH]2)s1. The summed E-state index contributed by atoms with van der Waals surface area (Å²) in [5.74, 6) is 0.953. The maximum Gasteiger partial charge on any atom is 0.137 e. The fraction of sp³-hybridized carbons (Fsp3) is 0.583. The van der Waals surface area contributed by atoms with Crippen molar-refractivity contribution in [3.63, 3.8) is 0 Å². The normalized spacial score (nSPS) is 12.8. The lowest BCUT2D eigenvalue weighted by molar-refractivity contribution is 0.558. The van der Waals surface area contributed by atoms with E-state index in [0.717, 1.165) is 35.9 Å². The zero-order valence-electron chi connectivity index (χ0n) is 11.0. The van der Waals surface area contributed by atoms with Gasteiger partial charge in [-0.15, -0.1) is 11.3 Å². The van der Waals surface area contributed by atoms with E-state index in [0.29, 0.717) is 6.04 Å². The summed E-state index contributed by atoms with van der Waals surface area (Å²) in [5.41, 5.74) is 1.15. The molecule has 1 atom stereocenters. The molecule has 2 rings (SSSR count). The number of nitrogens with zero attached hydrogens (tertiary/aromatic N) is 3. The molecular formula is C12H19N5S. The Balaban J connectivity index is 1.75. The zero-order chi connectivity index (χ0) is 13.0. The lowest BCUT2D eigenvalue weighted by Gasteiger charge is -2.12. The quantitative estimate of drug-likeness (QED) is 0.786. The number of H-pyrrole nitrogens is 1. The molecule has 0 saturated carbocycles. The number of aryl methyl sites for hydroxylation is 3. The van der Waals surface area contributed by atoms with Crippen LogP contribution in [-0.2, 0) is 6.42 Å². The van der Waals surface area contributed by atoms with Gasteiger partial charge in [0.2, 0.25) is 0 Å². The van der Waals surface area contributed by atoms with Crippen LogP contribution in [0.3, 0.4) is 0 Å². The number of aromatic nitrogens is 4. The van der Waals surface area contributed by atoms with E-state index < -0.39 is 0 Å². The smallest absolute Gasteiger partial charge is 0.137 e. The molecular weight excluding hydrogens is 246 g/mol. The van der Waals surface area contributed by atoms with E-state index in [2.05, 4.69) is 46.3 Å². The van der Waals surface area contributed by atoms with Crippen LogP contribution in [0.25, 0.3) is 0 Å². The Morgan fingerprint density at radius 3 is 2.89 bits per heavy atom. The summed E-state index contributed by atoms with van der Waals surface area (Å²) in [7, 11) is 0. The number of aromatic amines is 1. The highest BCUT2D eigenvalue weighted by Crippen LogP contribution is 2.24. The molecule has 0 amide bonds. The van der Waals surface area contributed by atoms with Crippen LogP contribution in [0.2, 0.25) is 0 Å². The van der Waals surface area contributed by atoms with Crippen LogP contribution in [0.4, 0.5) is 0 Å². The van der Waals surface area contributed by atoms with Crippen LogP contribution in [0.5, 0.6) is 0 Å². The van der Waals surface area contributed by atoms with Gasteiger partial charge in [-0.05, 0) is 33.7 Å². The van der Waals surface area contributed by atoms with Crippen molar-refractivity contribution in [2.45, 2.75) is 39.7 Å². The van der Waals surface area contributed by atoms with E-state index >= 15 is 0 Å². The van der Waals surface area contributed by atoms with Gasteiger partial charge in [0.25, 0.3) is 0 Å². The standard InChI is InChI=1S/C12H19N5S/c1-8(12-9(2)16-10(3)18-12)13-6-4-5-11-14-7-15-17-11/h7-8,13H,4-6H2,1-3H3,(H,14,15,17). The molecule has 0 bridgehead atoms. The van der Waals surface area contributed by atoms with Crippen molar-refractivity contribution in [2.75, 3.05) is 6.54 Å². The van der Waals surface area contributed by atoms with E-state index in [9.17, 15) is 0 Å². The predicted molar refractivity (Wildman–Crippen MR) is 72.7 cm³/mol. The van der Waals surface area contributed by atoms with Crippen molar-refractivity contribution < 1.29 is 0 Å². The van der Waals surface area contributed by atoms with E-state index in [1.165, 1.54) is 4.88 Å². The Labute approximate surface area is 111 Å². The minimum Gasteiger partial charge on any atom is -0.309 e. The molecule has 18 heavy (non-hydrogen) atoms. The third-order valence-electron chi connectivity index (χ3n) is 2.84. The van der Waals surface area contributed by atoms with Gasteiger partial charge in [0.05, 0.1) is 10.7 Å². The number of thiazole rings is 1. The maximum absolute atomic E-state index is 4.46. The highest BCUT2D eigenvalue weighted by molar-refractivity contribution is 7.11. The van der Waals surface area contributed by atoms with Crippen LogP contribution in [0, 0.1) is 13.8 Å². The number of rotatable bonds is 6. The summed E-state index contributed by atoms with van der Waals surface area (Å²) in [6, 6.07) is 0.367. The van der Waals surface area contributed by atoms with Crippen molar-refractivity contribution in [3.05, 3.63) is 27.7 Å². The lowest BCUT2D eigenvalue weighted by atomic mass is 10.2. The minimum atomic E-state index is 0.367. The Bertz CT molecular complexity index is 477. The first-order valence-electron chi connectivity index (χ1n) is 6.18. The van der Waals surface area contributed by atoms with Crippen LogP contribution < -0.4 is 5.32 Å². The molecule has 0 fully saturated rings. The number of nitrogens with one attached hydrogen (secondary N) is 2. The van der Waals surface area contributed by atoms with E-state index in [1.807, 2.05) is 0 Å². The molecule has 1 unspecified atom stereocenters. The van der Waals surface area contributed by atoms with Crippen molar-refractivity contribution >= 4 is 11.3 Å². The van der Waals surface area contributed by atoms with Gasteiger partial charge >= 0.3 is 0 Å². The molecule has 2 aromatic rings. The number of hydrogen-bond acceptors (Lipinski definition) is 5. The van der Waals surface area contributed by atoms with Crippen LogP contribution >= 0.6 is 11.3 Å². The van der Waals surface area contributed by atoms with E-state index in [4.69, 9.17) is 0 Å². The average molecular weight is 265 g/mol. The molecule has 0 aliphatic heterocycles. The monoisotopic (exact) mass is 265 g/mol. The second-order valence-electron chi connectivity index (χ2n) is 4.39. The molecule has 0 spiro atoms. The van der Waals surface area contributed by atoms with Crippen molar-refractivity contribution in [2.24, 2.45) is 0 Å². The predicted octanol–water partition coefficient (Wildman–Crippen LogP) is 2.16.